The van der Waals surface area contributed by atoms with Crippen molar-refractivity contribution in [3.05, 3.63) is 89.6 Å². The molecule has 1 aromatic carbocycles. The largest absolute Gasteiger partial charge is 0.434 e. The first-order valence-electron chi connectivity index (χ1n) is 11.3. The summed E-state index contributed by atoms with van der Waals surface area (Å²) in [6.07, 6.45) is -9.41. The Morgan fingerprint density at radius 1 is 0.705 bits per heavy atom. The molecule has 0 spiro atoms. The van der Waals surface area contributed by atoms with Gasteiger partial charge in [-0.2, -0.15) is 63.2 Å². The summed E-state index contributed by atoms with van der Waals surface area (Å²) >= 11 is 0. The van der Waals surface area contributed by atoms with Crippen LogP contribution >= 0.6 is 0 Å². The maximum Gasteiger partial charge on any atom is 0.434 e. The maximum atomic E-state index is 13.9. The molecule has 0 N–H and O–H groups in total. The van der Waals surface area contributed by atoms with E-state index in [1.165, 1.54) is 18.2 Å². The lowest BCUT2D eigenvalue weighted by atomic mass is 9.89. The van der Waals surface area contributed by atoms with E-state index in [0.29, 0.717) is 12.4 Å². The fraction of sp³-hybridized carbons (Fsp3) is 0.0714. The number of fused-ring (bicyclic) bond motifs is 2. The minimum Gasteiger partial charge on any atom is -0.249 e. The molecule has 206 valence electrons. The van der Waals surface area contributed by atoms with Gasteiger partial charge in [-0.25, -0.2) is 9.97 Å². The Bertz CT molecular complexity index is 2340. The molecule has 3 heterocycles. The van der Waals surface area contributed by atoms with Gasteiger partial charge in [0.25, 0.3) is 0 Å². The van der Waals surface area contributed by atoms with Crippen molar-refractivity contribution in [1.82, 2.24) is 9.97 Å². The Morgan fingerprint density at radius 3 is 1.77 bits per heavy atom. The molecule has 0 amide bonds. The first kappa shape index (κ1) is 29.7. The third kappa shape index (κ3) is 4.51. The molecule has 0 unspecified atom stereocenters. The van der Waals surface area contributed by atoms with E-state index in [0.717, 1.165) is 6.07 Å². The molecule has 0 fully saturated rings. The summed E-state index contributed by atoms with van der Waals surface area (Å²) in [4.78, 5) is 10.1. The molecular formula is C28H3F6N10+. The van der Waals surface area contributed by atoms with Gasteiger partial charge in [0.05, 0.1) is 33.4 Å². The fourth-order valence-electron chi connectivity index (χ4n) is 4.39. The van der Waals surface area contributed by atoms with Crippen molar-refractivity contribution in [2.24, 2.45) is 0 Å². The molecule has 0 radical (unpaired) electrons. The molecule has 0 bridgehead atoms. The predicted octanol–water partition coefficient (Wildman–Crippen LogP) is 3.64. The van der Waals surface area contributed by atoms with Crippen molar-refractivity contribution in [3.63, 3.8) is 0 Å². The van der Waals surface area contributed by atoms with Crippen molar-refractivity contribution in [2.45, 2.75) is 12.4 Å². The Balaban J connectivity index is 2.39. The highest BCUT2D eigenvalue weighted by atomic mass is 19.4. The highest BCUT2D eigenvalue weighted by Gasteiger charge is 2.41. The lowest BCUT2D eigenvalue weighted by Gasteiger charge is -2.12. The molecule has 0 atom stereocenters. The van der Waals surface area contributed by atoms with Crippen LogP contribution in [0.3, 0.4) is 0 Å². The second-order valence-corrected chi connectivity index (χ2v) is 8.36. The van der Waals surface area contributed by atoms with Gasteiger partial charge in [-0.1, -0.05) is 0 Å². The second-order valence-electron chi connectivity index (χ2n) is 8.36. The minimum absolute atomic E-state index is 0.441. The van der Waals surface area contributed by atoms with Gasteiger partial charge in [0, 0.05) is 28.7 Å². The number of hydrogen-bond acceptors (Lipinski definition) is 9. The van der Waals surface area contributed by atoms with Gasteiger partial charge in [-0.3, -0.25) is 0 Å². The van der Waals surface area contributed by atoms with E-state index < -0.39 is 95.5 Å². The average molecular weight is 593 g/mol. The van der Waals surface area contributed by atoms with Gasteiger partial charge in [0.15, 0.2) is 17.0 Å². The zero-order valence-electron chi connectivity index (χ0n) is 21.0. The van der Waals surface area contributed by atoms with Gasteiger partial charge in [0.1, 0.15) is 53.3 Å². The van der Waals surface area contributed by atoms with Gasteiger partial charge in [0.2, 0.25) is 0 Å². The van der Waals surface area contributed by atoms with Crippen LogP contribution in [0, 0.1) is 85.4 Å². The molecule has 2 aromatic heterocycles. The molecule has 44 heavy (non-hydrogen) atoms. The van der Waals surface area contributed by atoms with E-state index in [9.17, 15) is 63.2 Å². The highest BCUT2D eigenvalue weighted by Crippen LogP contribution is 2.37. The van der Waals surface area contributed by atoms with E-state index in [1.807, 2.05) is 6.07 Å². The Morgan fingerprint density at radius 2 is 1.27 bits per heavy atom. The molecule has 0 aliphatic carbocycles. The number of rotatable bonds is 1. The van der Waals surface area contributed by atoms with Crippen LogP contribution in [-0.2, 0) is 12.4 Å². The molecule has 10 nitrogen and oxygen atoms in total. The van der Waals surface area contributed by atoms with Crippen LogP contribution in [0.15, 0.2) is 18.5 Å². The molecule has 16 heteroatoms. The smallest absolute Gasteiger partial charge is 0.249 e. The summed E-state index contributed by atoms with van der Waals surface area (Å²) in [5, 5.41) is 67.8. The van der Waals surface area contributed by atoms with Crippen LogP contribution in [0.4, 0.5) is 32.0 Å². The summed E-state index contributed by atoms with van der Waals surface area (Å²) in [7, 11) is 0. The Kier molecular flexibility index (Phi) is 7.18. The first-order chi connectivity index (χ1) is 20.8. The number of halogens is 6. The molecule has 4 rings (SSSR count). The van der Waals surface area contributed by atoms with Crippen molar-refractivity contribution < 1.29 is 26.3 Å². The monoisotopic (exact) mass is 593 g/mol. The summed E-state index contributed by atoms with van der Waals surface area (Å²) in [6.45, 7) is 0. The molecule has 1 aliphatic rings. The van der Waals surface area contributed by atoms with Crippen molar-refractivity contribution in [1.29, 1.82) is 36.8 Å². The standard InChI is InChI=1S/C28H3F6N10/c29-27(30,31)25-19(8-41)21(13(3-36)9-43-25)16(5-38)15-1-12(2-35)23-18(7-40)22-14(4-37)10-44-26(28(32,33)34)20(22)11-42-24(23)17(15)6-39/h1,9-10H/q+1/b16-15+. The van der Waals surface area contributed by atoms with Crippen LogP contribution < -0.4 is 10.4 Å². The third-order valence-electron chi connectivity index (χ3n) is 6.10. The van der Waals surface area contributed by atoms with Crippen molar-refractivity contribution in [3.8, 4) is 48.6 Å². The van der Waals surface area contributed by atoms with Gasteiger partial charge in [-0.05, 0) is 10.9 Å². The van der Waals surface area contributed by atoms with Gasteiger partial charge >= 0.3 is 24.1 Å². The molecule has 0 saturated carbocycles. The second kappa shape index (κ2) is 10.6. The van der Waals surface area contributed by atoms with Gasteiger partial charge in [-0.15, -0.1) is 0 Å². The number of aromatic nitrogens is 2. The number of benzene rings is 1. The molecule has 0 saturated heterocycles. The fourth-order valence-corrected chi connectivity index (χ4v) is 4.39. The van der Waals surface area contributed by atoms with E-state index >= 15 is 0 Å². The minimum atomic E-state index is -5.23. The zero-order chi connectivity index (χ0) is 32.6. The van der Waals surface area contributed by atoms with Crippen LogP contribution in [-0.4, -0.2) is 9.97 Å². The SMILES string of the molecule is N#CC1=c2c(C#N)c/c(=C(/C#N)c3c(C#N)cnc(C(F)(F)F)c3C#N)c(C#N)c2[N+]#Cc2c(C(F)(F)F)ncc(C#N)c21. The summed E-state index contributed by atoms with van der Waals surface area (Å²) in [5.41, 5.74) is -12.2. The third-order valence-corrected chi connectivity index (χ3v) is 6.10. The number of nitriles is 7. The number of alkyl halides is 6. The van der Waals surface area contributed by atoms with E-state index in [4.69, 9.17) is 0 Å². The molecular weight excluding hydrogens is 590 g/mol. The normalized spacial score (nSPS) is 12.0. The summed E-state index contributed by atoms with van der Waals surface area (Å²) < 4.78 is 82.7. The van der Waals surface area contributed by atoms with Crippen LogP contribution in [0.25, 0.3) is 16.0 Å². The molecule has 3 aromatic rings. The first-order valence-corrected chi connectivity index (χ1v) is 11.3. The van der Waals surface area contributed by atoms with Crippen molar-refractivity contribution >= 4 is 16.8 Å². The lowest BCUT2D eigenvalue weighted by Crippen LogP contribution is -2.24. The summed E-state index contributed by atoms with van der Waals surface area (Å²) in [5.74, 6) is 0. The van der Waals surface area contributed by atoms with Crippen molar-refractivity contribution in [2.75, 3.05) is 0 Å². The van der Waals surface area contributed by atoms with Crippen LogP contribution in [0.1, 0.15) is 55.9 Å². The van der Waals surface area contributed by atoms with E-state index in [-0.39, 0.29) is 0 Å². The maximum absolute atomic E-state index is 13.9. The zero-order valence-corrected chi connectivity index (χ0v) is 21.0. The summed E-state index contributed by atoms with van der Waals surface area (Å²) in [6, 6.07) is 13.5. The van der Waals surface area contributed by atoms with Gasteiger partial charge < -0.3 is 0 Å². The van der Waals surface area contributed by atoms with Crippen LogP contribution in [0.2, 0.25) is 0 Å². The van der Waals surface area contributed by atoms with E-state index in [1.54, 1.807) is 24.3 Å². The number of nitrogens with zero attached hydrogens (tertiary/aromatic N) is 10. The predicted molar refractivity (Wildman–Crippen MR) is 130 cm³/mol. The highest BCUT2D eigenvalue weighted by molar-refractivity contribution is 5.91. The Labute approximate surface area is 240 Å². The van der Waals surface area contributed by atoms with Crippen LogP contribution in [0.5, 0.6) is 0 Å². The quantitative estimate of drug-likeness (QED) is 0.378. The Hall–Kier alpha value is -7.24. The topological polar surface area (TPSA) is 197 Å². The average Bonchev–Trinajstić information content (AvgIpc) is 3.16. The molecule has 1 aliphatic heterocycles. The number of pyridine rings is 2. The van der Waals surface area contributed by atoms with E-state index in [2.05, 4.69) is 14.8 Å². The number of hydrogen-bond donors (Lipinski definition) is 0. The lowest BCUT2D eigenvalue weighted by molar-refractivity contribution is -0.142.